The number of benzene rings is 1. The van der Waals surface area contributed by atoms with Crippen LogP contribution in [0.5, 0.6) is 0 Å². The molecule has 0 atom stereocenters. The molecule has 3 heteroatoms. The van der Waals surface area contributed by atoms with Gasteiger partial charge in [-0.15, -0.1) is 0 Å². The molecule has 1 fully saturated rings. The number of ketones is 1. The van der Waals surface area contributed by atoms with Gasteiger partial charge in [-0.2, -0.15) is 0 Å². The van der Waals surface area contributed by atoms with Crippen LogP contribution >= 0.6 is 0 Å². The quantitative estimate of drug-likeness (QED) is 0.755. The van der Waals surface area contributed by atoms with Crippen molar-refractivity contribution in [3.63, 3.8) is 0 Å². The summed E-state index contributed by atoms with van der Waals surface area (Å²) in [5, 5.41) is 0. The first-order valence-electron chi connectivity index (χ1n) is 8.03. The molecule has 0 spiro atoms. The smallest absolute Gasteiger partial charge is 0.186 e. The first-order valence-corrected chi connectivity index (χ1v) is 8.03. The Labute approximate surface area is 127 Å². The minimum atomic E-state index is -0.496. The van der Waals surface area contributed by atoms with Crippen LogP contribution < -0.4 is 0 Å². The Balaban J connectivity index is 2.50. The molecule has 0 heterocycles. The van der Waals surface area contributed by atoms with E-state index in [0.717, 1.165) is 49.9 Å². The van der Waals surface area contributed by atoms with Crippen molar-refractivity contribution in [2.45, 2.75) is 58.9 Å². The average molecular weight is 291 g/mol. The number of aryl methyl sites for hydroxylation is 2. The largest absolute Gasteiger partial charge is 0.292 e. The van der Waals surface area contributed by atoms with Gasteiger partial charge in [0.25, 0.3) is 0 Å². The molecule has 1 aromatic carbocycles. The lowest BCUT2D eigenvalue weighted by Gasteiger charge is -2.39. The van der Waals surface area contributed by atoms with Gasteiger partial charge in [0.15, 0.2) is 5.78 Å². The Bertz CT molecular complexity index is 505. The van der Waals surface area contributed by atoms with E-state index in [-0.39, 0.29) is 11.6 Å². The number of carbonyl (C=O) groups excluding carboxylic acids is 1. The maximum Gasteiger partial charge on any atom is 0.186 e. The molecule has 0 aliphatic heterocycles. The summed E-state index contributed by atoms with van der Waals surface area (Å²) in [5.74, 6) is -0.380. The van der Waals surface area contributed by atoms with Gasteiger partial charge in [-0.25, -0.2) is 4.39 Å². The second-order valence-corrected chi connectivity index (χ2v) is 6.18. The first-order chi connectivity index (χ1) is 9.96. The number of rotatable bonds is 5. The first kappa shape index (κ1) is 16.2. The van der Waals surface area contributed by atoms with Gasteiger partial charge in [-0.1, -0.05) is 32.8 Å². The molecule has 2 nitrogen and oxygen atoms in total. The topological polar surface area (TPSA) is 20.3 Å². The van der Waals surface area contributed by atoms with E-state index in [9.17, 15) is 9.18 Å². The van der Waals surface area contributed by atoms with E-state index in [2.05, 4.69) is 18.7 Å². The van der Waals surface area contributed by atoms with E-state index in [4.69, 9.17) is 0 Å². The second-order valence-electron chi connectivity index (χ2n) is 6.18. The molecule has 116 valence electrons. The molecular formula is C18H26FNO. The van der Waals surface area contributed by atoms with Crippen molar-refractivity contribution in [1.29, 1.82) is 0 Å². The highest BCUT2D eigenvalue weighted by molar-refractivity contribution is 6.04. The molecule has 0 amide bonds. The SMILES string of the molecule is CCN(CC)C1(C(=O)c2c(C)cc(C)cc2F)CCCC1. The summed E-state index contributed by atoms with van der Waals surface area (Å²) in [4.78, 5) is 15.4. The molecule has 0 radical (unpaired) electrons. The van der Waals surface area contributed by atoms with Crippen LogP contribution in [-0.2, 0) is 0 Å². The fraction of sp³-hybridized carbons (Fsp3) is 0.611. The molecule has 0 bridgehead atoms. The zero-order valence-corrected chi connectivity index (χ0v) is 13.6. The summed E-state index contributed by atoms with van der Waals surface area (Å²) >= 11 is 0. The van der Waals surface area contributed by atoms with Crippen molar-refractivity contribution < 1.29 is 9.18 Å². The van der Waals surface area contributed by atoms with E-state index >= 15 is 0 Å². The maximum atomic E-state index is 14.4. The van der Waals surface area contributed by atoms with Gasteiger partial charge >= 0.3 is 0 Å². The lowest BCUT2D eigenvalue weighted by Crippen LogP contribution is -2.53. The molecule has 0 aromatic heterocycles. The molecule has 1 aromatic rings. The normalized spacial score (nSPS) is 17.4. The van der Waals surface area contributed by atoms with Crippen molar-refractivity contribution in [3.05, 3.63) is 34.6 Å². The van der Waals surface area contributed by atoms with Gasteiger partial charge in [-0.3, -0.25) is 9.69 Å². The molecule has 1 saturated carbocycles. The van der Waals surface area contributed by atoms with Crippen LogP contribution in [0.4, 0.5) is 4.39 Å². The molecule has 21 heavy (non-hydrogen) atoms. The van der Waals surface area contributed by atoms with Gasteiger partial charge < -0.3 is 0 Å². The van der Waals surface area contributed by atoms with Gasteiger partial charge in [-0.05, 0) is 57.0 Å². The number of carbonyl (C=O) groups is 1. The lowest BCUT2D eigenvalue weighted by molar-refractivity contribution is 0.0579. The van der Waals surface area contributed by atoms with Crippen molar-refractivity contribution >= 4 is 5.78 Å². The van der Waals surface area contributed by atoms with Crippen LogP contribution in [0.3, 0.4) is 0 Å². The van der Waals surface area contributed by atoms with Crippen molar-refractivity contribution in [2.75, 3.05) is 13.1 Å². The highest BCUT2D eigenvalue weighted by Gasteiger charge is 2.46. The van der Waals surface area contributed by atoms with Crippen LogP contribution in [0.15, 0.2) is 12.1 Å². The molecule has 0 saturated heterocycles. The number of hydrogen-bond donors (Lipinski definition) is 0. The van der Waals surface area contributed by atoms with Crippen LogP contribution in [-0.4, -0.2) is 29.3 Å². The molecule has 1 aliphatic rings. The maximum absolute atomic E-state index is 14.4. The minimum absolute atomic E-state index is 0.0151. The molecule has 1 aliphatic carbocycles. The second kappa shape index (κ2) is 6.27. The summed E-state index contributed by atoms with van der Waals surface area (Å²) in [6, 6.07) is 3.38. The Morgan fingerprint density at radius 1 is 1.19 bits per heavy atom. The van der Waals surface area contributed by atoms with E-state index in [1.165, 1.54) is 6.07 Å². The number of likely N-dealkylation sites (N-methyl/N-ethyl adjacent to an activating group) is 1. The zero-order chi connectivity index (χ0) is 15.6. The fourth-order valence-corrected chi connectivity index (χ4v) is 3.91. The summed E-state index contributed by atoms with van der Waals surface area (Å²) in [6.07, 6.45) is 3.80. The Morgan fingerprint density at radius 2 is 1.76 bits per heavy atom. The molecule has 0 N–H and O–H groups in total. The van der Waals surface area contributed by atoms with Crippen molar-refractivity contribution in [3.8, 4) is 0 Å². The highest BCUT2D eigenvalue weighted by atomic mass is 19.1. The monoisotopic (exact) mass is 291 g/mol. The fourth-order valence-electron chi connectivity index (χ4n) is 3.91. The van der Waals surface area contributed by atoms with Crippen LogP contribution in [0.25, 0.3) is 0 Å². The number of hydrogen-bond acceptors (Lipinski definition) is 2. The molecule has 0 unspecified atom stereocenters. The number of halogens is 1. The van der Waals surface area contributed by atoms with Gasteiger partial charge in [0, 0.05) is 0 Å². The van der Waals surface area contributed by atoms with E-state index in [1.54, 1.807) is 0 Å². The predicted octanol–water partition coefficient (Wildman–Crippen LogP) is 4.28. The average Bonchev–Trinajstić information content (AvgIpc) is 2.89. The van der Waals surface area contributed by atoms with Gasteiger partial charge in [0.05, 0.1) is 11.1 Å². The van der Waals surface area contributed by atoms with E-state index < -0.39 is 5.54 Å². The third-order valence-corrected chi connectivity index (χ3v) is 4.88. The number of nitrogens with zero attached hydrogens (tertiary/aromatic N) is 1. The van der Waals surface area contributed by atoms with E-state index in [1.807, 2.05) is 19.9 Å². The Kier molecular flexibility index (Phi) is 4.82. The lowest BCUT2D eigenvalue weighted by atomic mass is 9.83. The Hall–Kier alpha value is -1.22. The molecule has 2 rings (SSSR count). The summed E-state index contributed by atoms with van der Waals surface area (Å²) in [5.41, 5.74) is 1.43. The summed E-state index contributed by atoms with van der Waals surface area (Å²) in [6.45, 7) is 9.52. The highest BCUT2D eigenvalue weighted by Crippen LogP contribution is 2.39. The van der Waals surface area contributed by atoms with Crippen molar-refractivity contribution in [2.24, 2.45) is 0 Å². The van der Waals surface area contributed by atoms with E-state index in [0.29, 0.717) is 5.56 Å². The van der Waals surface area contributed by atoms with Gasteiger partial charge in [0.1, 0.15) is 5.82 Å². The van der Waals surface area contributed by atoms with Crippen LogP contribution in [0, 0.1) is 19.7 Å². The van der Waals surface area contributed by atoms with Gasteiger partial charge in [0.2, 0.25) is 0 Å². The Morgan fingerprint density at radius 3 is 2.24 bits per heavy atom. The number of Topliss-reactive ketones (excluding diaryl/α,β-unsaturated/α-hetero) is 1. The standard InChI is InChI=1S/C18H26FNO/c1-5-20(6-2)18(9-7-8-10-18)17(21)16-14(4)11-13(3)12-15(16)19/h11-12H,5-10H2,1-4H3. The predicted molar refractivity (Wildman–Crippen MR) is 84.3 cm³/mol. The minimum Gasteiger partial charge on any atom is -0.292 e. The molecular weight excluding hydrogens is 265 g/mol. The van der Waals surface area contributed by atoms with Crippen LogP contribution in [0.1, 0.15) is 61.0 Å². The third-order valence-electron chi connectivity index (χ3n) is 4.88. The van der Waals surface area contributed by atoms with Crippen LogP contribution in [0.2, 0.25) is 0 Å². The summed E-state index contributed by atoms with van der Waals surface area (Å²) in [7, 11) is 0. The zero-order valence-electron chi connectivity index (χ0n) is 13.6. The summed E-state index contributed by atoms with van der Waals surface area (Å²) < 4.78 is 14.4. The van der Waals surface area contributed by atoms with Crippen molar-refractivity contribution in [1.82, 2.24) is 4.90 Å². The third kappa shape index (κ3) is 2.76.